The smallest absolute Gasteiger partial charge is 0.151 e. The minimum atomic E-state index is -0.732. The van der Waals surface area contributed by atoms with Crippen LogP contribution >= 0.6 is 0 Å². The molecule has 3 atom stereocenters. The van der Waals surface area contributed by atoms with Crippen LogP contribution in [0.25, 0.3) is 0 Å². The summed E-state index contributed by atoms with van der Waals surface area (Å²) in [6, 6.07) is 29.7. The first kappa shape index (κ1) is 22.9. The Labute approximate surface area is 184 Å². The van der Waals surface area contributed by atoms with Gasteiger partial charge in [-0.2, -0.15) is 0 Å². The molecule has 3 rings (SSSR count). The van der Waals surface area contributed by atoms with E-state index < -0.39 is 12.2 Å². The standard InChI is InChI=1S/C27H30O4/c1-2-25(29-19-22-12-6-3-7-13-22)27(31-21-24-16-10-5-11-17-24)26(18-28)30-20-23-14-8-4-9-15-23/h3-18,25-27H,2,19-21H2,1H3/t25-,26+,27-/m1/s1. The van der Waals surface area contributed by atoms with Crippen molar-refractivity contribution in [1.82, 2.24) is 0 Å². The van der Waals surface area contributed by atoms with Crippen LogP contribution in [0.3, 0.4) is 0 Å². The summed E-state index contributed by atoms with van der Waals surface area (Å²) in [7, 11) is 0. The van der Waals surface area contributed by atoms with Crippen molar-refractivity contribution in [3.63, 3.8) is 0 Å². The van der Waals surface area contributed by atoms with Gasteiger partial charge in [0.05, 0.1) is 25.9 Å². The first-order chi connectivity index (χ1) is 15.3. The number of carbonyl (C=O) groups is 1. The third kappa shape index (κ3) is 7.44. The summed E-state index contributed by atoms with van der Waals surface area (Å²) >= 11 is 0. The molecule has 0 fully saturated rings. The summed E-state index contributed by atoms with van der Waals surface area (Å²) in [5.74, 6) is 0. The molecule has 0 radical (unpaired) electrons. The van der Waals surface area contributed by atoms with Gasteiger partial charge in [-0.25, -0.2) is 0 Å². The number of benzene rings is 3. The van der Waals surface area contributed by atoms with Gasteiger partial charge >= 0.3 is 0 Å². The van der Waals surface area contributed by atoms with Crippen molar-refractivity contribution in [2.75, 3.05) is 0 Å². The normalized spacial score (nSPS) is 14.0. The zero-order valence-electron chi connectivity index (χ0n) is 17.9. The first-order valence-corrected chi connectivity index (χ1v) is 10.7. The summed E-state index contributed by atoms with van der Waals surface area (Å²) in [4.78, 5) is 12.0. The van der Waals surface area contributed by atoms with Crippen molar-refractivity contribution >= 4 is 6.29 Å². The second kappa shape index (κ2) is 12.8. The maximum absolute atomic E-state index is 12.0. The highest BCUT2D eigenvalue weighted by molar-refractivity contribution is 5.57. The second-order valence-corrected chi connectivity index (χ2v) is 7.40. The summed E-state index contributed by atoms with van der Waals surface area (Å²) < 4.78 is 18.4. The van der Waals surface area contributed by atoms with Crippen LogP contribution in [-0.4, -0.2) is 24.6 Å². The largest absolute Gasteiger partial charge is 0.371 e. The van der Waals surface area contributed by atoms with E-state index in [2.05, 4.69) is 0 Å². The van der Waals surface area contributed by atoms with Crippen molar-refractivity contribution in [2.24, 2.45) is 0 Å². The van der Waals surface area contributed by atoms with E-state index >= 15 is 0 Å². The predicted molar refractivity (Wildman–Crippen MR) is 121 cm³/mol. The Kier molecular flexibility index (Phi) is 9.45. The van der Waals surface area contributed by atoms with Gasteiger partial charge in [0.25, 0.3) is 0 Å². The molecular formula is C27H30O4. The van der Waals surface area contributed by atoms with Gasteiger partial charge in [0.15, 0.2) is 6.29 Å². The molecule has 0 N–H and O–H groups in total. The molecule has 162 valence electrons. The Hall–Kier alpha value is -2.79. The lowest BCUT2D eigenvalue weighted by Crippen LogP contribution is -2.43. The molecular weight excluding hydrogens is 388 g/mol. The highest BCUT2D eigenvalue weighted by atomic mass is 16.6. The second-order valence-electron chi connectivity index (χ2n) is 7.40. The SMILES string of the molecule is CC[C@@H](OCc1ccccc1)[C@@H](OCc1ccccc1)[C@H](C=O)OCc1ccccc1. The molecule has 0 aliphatic rings. The van der Waals surface area contributed by atoms with Crippen LogP contribution in [-0.2, 0) is 38.8 Å². The van der Waals surface area contributed by atoms with Gasteiger partial charge in [0, 0.05) is 0 Å². The van der Waals surface area contributed by atoms with Gasteiger partial charge in [-0.1, -0.05) is 97.9 Å². The van der Waals surface area contributed by atoms with Gasteiger partial charge in [0.2, 0.25) is 0 Å². The Morgan fingerprint density at radius 1 is 0.645 bits per heavy atom. The quantitative estimate of drug-likeness (QED) is 0.351. The molecule has 0 saturated carbocycles. The van der Waals surface area contributed by atoms with Gasteiger partial charge < -0.3 is 19.0 Å². The van der Waals surface area contributed by atoms with Crippen molar-refractivity contribution in [3.8, 4) is 0 Å². The number of carbonyl (C=O) groups excluding carboxylic acids is 1. The number of ether oxygens (including phenoxy) is 3. The van der Waals surface area contributed by atoms with E-state index in [1.165, 1.54) is 0 Å². The van der Waals surface area contributed by atoms with E-state index in [-0.39, 0.29) is 6.10 Å². The Balaban J connectivity index is 1.71. The molecule has 0 aliphatic carbocycles. The van der Waals surface area contributed by atoms with E-state index in [0.717, 1.165) is 23.0 Å². The molecule has 0 unspecified atom stereocenters. The molecule has 3 aromatic rings. The topological polar surface area (TPSA) is 44.8 Å². The maximum Gasteiger partial charge on any atom is 0.151 e. The van der Waals surface area contributed by atoms with Crippen molar-refractivity contribution < 1.29 is 19.0 Å². The molecule has 3 aromatic carbocycles. The van der Waals surface area contributed by atoms with Gasteiger partial charge in [0.1, 0.15) is 12.2 Å². The van der Waals surface area contributed by atoms with E-state index in [0.29, 0.717) is 26.2 Å². The van der Waals surface area contributed by atoms with Gasteiger partial charge in [-0.15, -0.1) is 0 Å². The Morgan fingerprint density at radius 2 is 1.06 bits per heavy atom. The minimum absolute atomic E-state index is 0.283. The molecule has 0 spiro atoms. The highest BCUT2D eigenvalue weighted by Gasteiger charge is 2.31. The van der Waals surface area contributed by atoms with E-state index in [9.17, 15) is 4.79 Å². The van der Waals surface area contributed by atoms with Crippen LogP contribution in [0.5, 0.6) is 0 Å². The Bertz CT molecular complexity index is 868. The lowest BCUT2D eigenvalue weighted by molar-refractivity contribution is -0.159. The zero-order valence-corrected chi connectivity index (χ0v) is 17.9. The van der Waals surface area contributed by atoms with E-state index in [1.807, 2.05) is 97.9 Å². The number of hydrogen-bond donors (Lipinski definition) is 0. The van der Waals surface area contributed by atoms with Gasteiger partial charge in [-0.05, 0) is 23.1 Å². The van der Waals surface area contributed by atoms with Crippen LogP contribution < -0.4 is 0 Å². The summed E-state index contributed by atoms with van der Waals surface area (Å²) in [5.41, 5.74) is 3.13. The molecule has 4 heteroatoms. The highest BCUT2D eigenvalue weighted by Crippen LogP contribution is 2.19. The first-order valence-electron chi connectivity index (χ1n) is 10.7. The van der Waals surface area contributed by atoms with E-state index in [1.54, 1.807) is 0 Å². The lowest BCUT2D eigenvalue weighted by Gasteiger charge is -2.31. The van der Waals surface area contributed by atoms with Crippen LogP contribution in [0.15, 0.2) is 91.0 Å². The predicted octanol–water partition coefficient (Wildman–Crippen LogP) is 5.35. The van der Waals surface area contributed by atoms with Crippen LogP contribution in [0, 0.1) is 0 Å². The molecule has 0 bridgehead atoms. The molecule has 0 saturated heterocycles. The fraction of sp³-hybridized carbons (Fsp3) is 0.296. The monoisotopic (exact) mass is 418 g/mol. The molecule has 0 aliphatic heterocycles. The summed E-state index contributed by atoms with van der Waals surface area (Å²) in [5, 5.41) is 0. The summed E-state index contributed by atoms with van der Waals surface area (Å²) in [6.45, 7) is 3.21. The molecule has 4 nitrogen and oxygen atoms in total. The fourth-order valence-electron chi connectivity index (χ4n) is 3.38. The Morgan fingerprint density at radius 3 is 1.48 bits per heavy atom. The van der Waals surface area contributed by atoms with Crippen LogP contribution in [0.2, 0.25) is 0 Å². The van der Waals surface area contributed by atoms with Crippen LogP contribution in [0.1, 0.15) is 30.0 Å². The average molecular weight is 419 g/mol. The van der Waals surface area contributed by atoms with Crippen molar-refractivity contribution in [3.05, 3.63) is 108 Å². The fourth-order valence-corrected chi connectivity index (χ4v) is 3.38. The van der Waals surface area contributed by atoms with E-state index in [4.69, 9.17) is 14.2 Å². The molecule has 31 heavy (non-hydrogen) atoms. The molecule has 0 heterocycles. The van der Waals surface area contributed by atoms with Crippen LogP contribution in [0.4, 0.5) is 0 Å². The van der Waals surface area contributed by atoms with Crippen molar-refractivity contribution in [1.29, 1.82) is 0 Å². The third-order valence-electron chi connectivity index (χ3n) is 5.10. The number of hydrogen-bond acceptors (Lipinski definition) is 4. The average Bonchev–Trinajstić information content (AvgIpc) is 2.84. The van der Waals surface area contributed by atoms with Gasteiger partial charge in [-0.3, -0.25) is 0 Å². The third-order valence-corrected chi connectivity index (χ3v) is 5.10. The van der Waals surface area contributed by atoms with Crippen molar-refractivity contribution in [2.45, 2.75) is 51.5 Å². The minimum Gasteiger partial charge on any atom is -0.371 e. The summed E-state index contributed by atoms with van der Waals surface area (Å²) in [6.07, 6.45) is -0.00646. The molecule has 0 aromatic heterocycles. The lowest BCUT2D eigenvalue weighted by atomic mass is 10.1. The number of aldehydes is 1. The molecule has 0 amide bonds. The zero-order chi connectivity index (χ0) is 21.7. The maximum atomic E-state index is 12.0. The number of rotatable bonds is 13.